The Morgan fingerprint density at radius 3 is 0.889 bits per heavy atom. The number of nitrogens with zero attached hydrogens (tertiary/aromatic N) is 2. The summed E-state index contributed by atoms with van der Waals surface area (Å²) in [6.45, 7) is 21.1. The van der Waals surface area contributed by atoms with Crippen LogP contribution in [0.4, 0.5) is 0 Å². The quantitative estimate of drug-likeness (QED) is 0.726. The molecule has 0 aromatic heterocycles. The van der Waals surface area contributed by atoms with Gasteiger partial charge in [0.1, 0.15) is 0 Å². The smallest absolute Gasteiger partial charge is 0.186 e. The average molecular weight is 278 g/mol. The first kappa shape index (κ1) is 20.6. The van der Waals surface area contributed by atoms with Gasteiger partial charge in [-0.05, 0) is 55.4 Å². The van der Waals surface area contributed by atoms with E-state index in [1.807, 2.05) is 13.8 Å². The predicted octanol–water partition coefficient (Wildman–Crippen LogP) is 4.47. The summed E-state index contributed by atoms with van der Waals surface area (Å²) < 4.78 is 4.41. The molecule has 112 valence electrons. The van der Waals surface area contributed by atoms with Gasteiger partial charge in [0.05, 0.1) is 0 Å². The van der Waals surface area contributed by atoms with Crippen molar-refractivity contribution in [1.82, 2.24) is 9.34 Å². The van der Waals surface area contributed by atoms with E-state index in [0.717, 1.165) is 0 Å². The maximum atomic E-state index is 10.6. The third-order valence-electron chi connectivity index (χ3n) is 2.53. The third kappa shape index (κ3) is 6.47. The van der Waals surface area contributed by atoms with Gasteiger partial charge in [0.15, 0.2) is 8.45 Å². The summed E-state index contributed by atoms with van der Waals surface area (Å²) in [6, 6.07) is 1.49. The molecule has 0 aromatic carbocycles. The molecule has 0 bridgehead atoms. The van der Waals surface area contributed by atoms with Crippen LogP contribution < -0.4 is 0 Å². The van der Waals surface area contributed by atoms with E-state index < -0.39 is 8.45 Å². The van der Waals surface area contributed by atoms with Crippen molar-refractivity contribution in [3.63, 3.8) is 0 Å². The van der Waals surface area contributed by atoms with E-state index >= 15 is 0 Å². The standard InChI is InChI=1S/C12H29N2OP.C2H6/c1-9(2)13(10(3)4)16(15)14(11(5)6)12(7)8;1-2/h9-12,15H,1-8H3;1-2H3. The van der Waals surface area contributed by atoms with E-state index in [2.05, 4.69) is 64.7 Å². The Balaban J connectivity index is 0. The van der Waals surface area contributed by atoms with Crippen molar-refractivity contribution in [1.29, 1.82) is 0 Å². The molecule has 0 aromatic rings. The first-order valence-electron chi connectivity index (χ1n) is 7.25. The molecule has 18 heavy (non-hydrogen) atoms. The lowest BCUT2D eigenvalue weighted by atomic mass is 10.3. The van der Waals surface area contributed by atoms with Crippen LogP contribution in [0.15, 0.2) is 0 Å². The van der Waals surface area contributed by atoms with Gasteiger partial charge in [0, 0.05) is 24.2 Å². The highest BCUT2D eigenvalue weighted by Crippen LogP contribution is 2.45. The molecule has 0 fully saturated rings. The number of rotatable bonds is 6. The normalized spacial score (nSPS) is 12.3. The van der Waals surface area contributed by atoms with E-state index in [-0.39, 0.29) is 0 Å². The van der Waals surface area contributed by atoms with Gasteiger partial charge in [-0.3, -0.25) is 0 Å². The van der Waals surface area contributed by atoms with E-state index in [1.54, 1.807) is 0 Å². The van der Waals surface area contributed by atoms with E-state index in [0.29, 0.717) is 24.2 Å². The minimum absolute atomic E-state index is 0.371. The maximum Gasteiger partial charge on any atom is 0.186 e. The van der Waals surface area contributed by atoms with Crippen molar-refractivity contribution in [2.75, 3.05) is 0 Å². The predicted molar refractivity (Wildman–Crippen MR) is 84.7 cm³/mol. The summed E-state index contributed by atoms with van der Waals surface area (Å²) in [7, 11) is -1.20. The third-order valence-corrected chi connectivity index (χ3v) is 5.20. The zero-order chi connectivity index (χ0) is 15.0. The van der Waals surface area contributed by atoms with Crippen molar-refractivity contribution >= 4 is 8.45 Å². The Labute approximate surface area is 117 Å². The summed E-state index contributed by atoms with van der Waals surface area (Å²) in [5, 5.41) is 0. The van der Waals surface area contributed by atoms with Crippen LogP contribution in [0.1, 0.15) is 69.2 Å². The molecule has 0 radical (unpaired) electrons. The lowest BCUT2D eigenvalue weighted by Gasteiger charge is -2.43. The van der Waals surface area contributed by atoms with Gasteiger partial charge in [-0.15, -0.1) is 0 Å². The van der Waals surface area contributed by atoms with Gasteiger partial charge in [0.2, 0.25) is 0 Å². The molecule has 3 nitrogen and oxygen atoms in total. The van der Waals surface area contributed by atoms with Gasteiger partial charge in [-0.2, -0.15) is 0 Å². The van der Waals surface area contributed by atoms with E-state index in [9.17, 15) is 4.89 Å². The molecular weight excluding hydrogens is 243 g/mol. The molecule has 0 heterocycles. The van der Waals surface area contributed by atoms with Gasteiger partial charge in [0.25, 0.3) is 0 Å². The fourth-order valence-electron chi connectivity index (χ4n) is 2.14. The van der Waals surface area contributed by atoms with Crippen LogP contribution in [0.5, 0.6) is 0 Å². The molecule has 0 aliphatic rings. The molecule has 0 saturated carbocycles. The Bertz CT molecular complexity index is 160. The van der Waals surface area contributed by atoms with Gasteiger partial charge in [-0.25, -0.2) is 9.34 Å². The minimum atomic E-state index is -1.20. The highest BCUT2D eigenvalue weighted by molar-refractivity contribution is 7.46. The monoisotopic (exact) mass is 278 g/mol. The highest BCUT2D eigenvalue weighted by atomic mass is 31.2. The first-order valence-corrected chi connectivity index (χ1v) is 8.45. The Morgan fingerprint density at radius 2 is 0.778 bits per heavy atom. The molecule has 0 spiro atoms. The molecule has 0 rings (SSSR count). The highest BCUT2D eigenvalue weighted by Gasteiger charge is 2.31. The summed E-state index contributed by atoms with van der Waals surface area (Å²) in [5.74, 6) is 0. The van der Waals surface area contributed by atoms with Crippen LogP contribution in [-0.2, 0) is 0 Å². The molecule has 1 N–H and O–H groups in total. The summed E-state index contributed by atoms with van der Waals surface area (Å²) in [6.07, 6.45) is 0. The molecule has 0 atom stereocenters. The van der Waals surface area contributed by atoms with Gasteiger partial charge < -0.3 is 4.89 Å². The van der Waals surface area contributed by atoms with Crippen LogP contribution in [0.2, 0.25) is 0 Å². The van der Waals surface area contributed by atoms with Crippen molar-refractivity contribution < 1.29 is 4.89 Å². The van der Waals surface area contributed by atoms with Crippen LogP contribution in [0, 0.1) is 0 Å². The molecule has 4 heteroatoms. The first-order chi connectivity index (χ1) is 8.20. The largest absolute Gasteiger partial charge is 0.347 e. The van der Waals surface area contributed by atoms with Crippen molar-refractivity contribution in [2.24, 2.45) is 0 Å². The molecule has 0 aliphatic carbocycles. The summed E-state index contributed by atoms with van der Waals surface area (Å²) >= 11 is 0. The lowest BCUT2D eigenvalue weighted by Crippen LogP contribution is -2.42. The topological polar surface area (TPSA) is 26.7 Å². The number of hydrogen-bond acceptors (Lipinski definition) is 3. The molecule has 0 aliphatic heterocycles. The van der Waals surface area contributed by atoms with Crippen molar-refractivity contribution in [3.05, 3.63) is 0 Å². The van der Waals surface area contributed by atoms with E-state index in [4.69, 9.17) is 0 Å². The van der Waals surface area contributed by atoms with Gasteiger partial charge in [-0.1, -0.05) is 13.8 Å². The fourth-order valence-corrected chi connectivity index (χ4v) is 4.03. The molecule has 0 amide bonds. The van der Waals surface area contributed by atoms with Crippen LogP contribution in [-0.4, -0.2) is 38.4 Å². The van der Waals surface area contributed by atoms with Crippen LogP contribution >= 0.6 is 8.45 Å². The Kier molecular flexibility index (Phi) is 11.6. The molecular formula is C14H35N2OP. The maximum absolute atomic E-state index is 10.6. The molecule has 0 saturated heterocycles. The Morgan fingerprint density at radius 1 is 0.611 bits per heavy atom. The van der Waals surface area contributed by atoms with Crippen molar-refractivity contribution in [3.8, 4) is 0 Å². The van der Waals surface area contributed by atoms with E-state index in [1.165, 1.54) is 0 Å². The lowest BCUT2D eigenvalue weighted by molar-refractivity contribution is 0.222. The SMILES string of the molecule is CC.CC(C)N(C(C)C)P(O)N(C(C)C)C(C)C. The summed E-state index contributed by atoms with van der Waals surface area (Å²) in [5.41, 5.74) is 0. The zero-order valence-corrected chi connectivity index (χ0v) is 15.0. The van der Waals surface area contributed by atoms with Crippen molar-refractivity contribution in [2.45, 2.75) is 93.4 Å². The second-order valence-electron chi connectivity index (χ2n) is 5.40. The zero-order valence-electron chi connectivity index (χ0n) is 14.1. The second kappa shape index (κ2) is 10.1. The average Bonchev–Trinajstić information content (AvgIpc) is 2.17. The van der Waals surface area contributed by atoms with Gasteiger partial charge >= 0.3 is 0 Å². The second-order valence-corrected chi connectivity index (χ2v) is 6.86. The Hall–Kier alpha value is 0.310. The fraction of sp³-hybridized carbons (Fsp3) is 1.00. The van der Waals surface area contributed by atoms with Crippen LogP contribution in [0.25, 0.3) is 0 Å². The van der Waals surface area contributed by atoms with Crippen LogP contribution in [0.3, 0.4) is 0 Å². The molecule has 0 unspecified atom stereocenters. The minimum Gasteiger partial charge on any atom is -0.347 e. The summed E-state index contributed by atoms with van der Waals surface area (Å²) in [4.78, 5) is 10.6. The number of hydrogen-bond donors (Lipinski definition) is 1.